The summed E-state index contributed by atoms with van der Waals surface area (Å²) in [6, 6.07) is 3.55. The third-order valence-corrected chi connectivity index (χ3v) is 2.83. The first-order valence-electron chi connectivity index (χ1n) is 5.41. The summed E-state index contributed by atoms with van der Waals surface area (Å²) in [4.78, 5) is 11.3. The number of carbonyl (C=O) groups excluding carboxylic acids is 1. The van der Waals surface area contributed by atoms with Crippen LogP contribution < -0.4 is 5.73 Å². The Balaban J connectivity index is 2.82. The number of ether oxygens (including phenoxy) is 1. The zero-order valence-electron chi connectivity index (χ0n) is 10.3. The van der Waals surface area contributed by atoms with Gasteiger partial charge in [-0.05, 0) is 49.9 Å². The Hall–Kier alpha value is -1.35. The van der Waals surface area contributed by atoms with Crippen molar-refractivity contribution >= 4 is 5.97 Å². The lowest BCUT2D eigenvalue weighted by molar-refractivity contribution is -0.146. The van der Waals surface area contributed by atoms with Crippen LogP contribution in [0.25, 0.3) is 0 Å². The highest BCUT2D eigenvalue weighted by Gasteiger charge is 2.11. The summed E-state index contributed by atoms with van der Waals surface area (Å²) in [6.45, 7) is 8.03. The molecule has 0 aliphatic heterocycles. The van der Waals surface area contributed by atoms with Crippen LogP contribution in [0.2, 0.25) is 0 Å². The number of aryl methyl sites for hydroxylation is 2. The van der Waals surface area contributed by atoms with E-state index in [9.17, 15) is 4.79 Å². The molecule has 1 atom stereocenters. The van der Waals surface area contributed by atoms with Gasteiger partial charge >= 0.3 is 5.97 Å². The first-order chi connectivity index (χ1) is 7.43. The van der Waals surface area contributed by atoms with Gasteiger partial charge in [-0.25, -0.2) is 0 Å². The molecule has 3 heteroatoms. The molecule has 0 bridgehead atoms. The van der Waals surface area contributed by atoms with Crippen LogP contribution in [-0.4, -0.2) is 12.0 Å². The minimum absolute atomic E-state index is 0.305. The van der Waals surface area contributed by atoms with E-state index in [4.69, 9.17) is 10.5 Å². The van der Waals surface area contributed by atoms with Gasteiger partial charge in [-0.15, -0.1) is 0 Å². The molecule has 1 rings (SSSR count). The summed E-state index contributed by atoms with van der Waals surface area (Å²) in [7, 11) is 0. The molecule has 16 heavy (non-hydrogen) atoms. The van der Waals surface area contributed by atoms with Crippen molar-refractivity contribution in [2.45, 2.75) is 40.3 Å². The Morgan fingerprint density at radius 2 is 1.88 bits per heavy atom. The molecule has 3 nitrogen and oxygen atoms in total. The van der Waals surface area contributed by atoms with Crippen molar-refractivity contribution in [3.8, 4) is 0 Å². The number of nitrogens with two attached hydrogens (primary N) is 1. The van der Waals surface area contributed by atoms with E-state index < -0.39 is 6.04 Å². The SMILES string of the molecule is Cc1ccc(C)c(COC(=O)[C@H](C)N)c1C. The van der Waals surface area contributed by atoms with E-state index in [1.54, 1.807) is 6.92 Å². The molecule has 0 amide bonds. The van der Waals surface area contributed by atoms with Crippen molar-refractivity contribution in [1.29, 1.82) is 0 Å². The zero-order valence-corrected chi connectivity index (χ0v) is 10.3. The lowest BCUT2D eigenvalue weighted by Crippen LogP contribution is -2.28. The van der Waals surface area contributed by atoms with Crippen molar-refractivity contribution < 1.29 is 9.53 Å². The van der Waals surface area contributed by atoms with Crippen LogP contribution in [0.4, 0.5) is 0 Å². The second-order valence-electron chi connectivity index (χ2n) is 4.20. The first kappa shape index (κ1) is 12.7. The third-order valence-electron chi connectivity index (χ3n) is 2.83. The maximum atomic E-state index is 11.3. The lowest BCUT2D eigenvalue weighted by Gasteiger charge is -2.13. The molecule has 0 spiro atoms. The maximum absolute atomic E-state index is 11.3. The van der Waals surface area contributed by atoms with Crippen LogP contribution in [0.1, 0.15) is 29.2 Å². The highest BCUT2D eigenvalue weighted by molar-refractivity contribution is 5.74. The molecular weight excluding hydrogens is 202 g/mol. The molecule has 0 heterocycles. The van der Waals surface area contributed by atoms with Crippen LogP contribution in [0, 0.1) is 20.8 Å². The molecule has 0 aliphatic rings. The van der Waals surface area contributed by atoms with Gasteiger partial charge in [-0.2, -0.15) is 0 Å². The quantitative estimate of drug-likeness (QED) is 0.794. The van der Waals surface area contributed by atoms with E-state index in [2.05, 4.69) is 6.07 Å². The number of benzene rings is 1. The van der Waals surface area contributed by atoms with E-state index in [0.717, 1.165) is 11.1 Å². The second kappa shape index (κ2) is 5.12. The van der Waals surface area contributed by atoms with Crippen molar-refractivity contribution in [2.75, 3.05) is 0 Å². The molecule has 0 radical (unpaired) electrons. The Kier molecular flexibility index (Phi) is 4.07. The van der Waals surface area contributed by atoms with Gasteiger partial charge in [-0.1, -0.05) is 12.1 Å². The number of esters is 1. The van der Waals surface area contributed by atoms with Gasteiger partial charge in [0, 0.05) is 0 Å². The Bertz CT molecular complexity index is 397. The average Bonchev–Trinajstić information content (AvgIpc) is 2.23. The standard InChI is InChI=1S/C13H19NO2/c1-8-5-6-9(2)12(10(8)3)7-16-13(15)11(4)14/h5-6,11H,7,14H2,1-4H3/t11-/m0/s1. The van der Waals surface area contributed by atoms with E-state index in [1.165, 1.54) is 11.1 Å². The normalized spacial score (nSPS) is 12.3. The molecule has 2 N–H and O–H groups in total. The van der Waals surface area contributed by atoms with E-state index in [1.807, 2.05) is 26.8 Å². The van der Waals surface area contributed by atoms with Crippen LogP contribution in [0.3, 0.4) is 0 Å². The molecule has 0 fully saturated rings. The number of hydrogen-bond donors (Lipinski definition) is 1. The van der Waals surface area contributed by atoms with Crippen LogP contribution in [0.15, 0.2) is 12.1 Å². The maximum Gasteiger partial charge on any atom is 0.322 e. The first-order valence-corrected chi connectivity index (χ1v) is 5.41. The summed E-state index contributed by atoms with van der Waals surface area (Å²) in [6.07, 6.45) is 0. The van der Waals surface area contributed by atoms with Gasteiger partial charge in [0.2, 0.25) is 0 Å². The van der Waals surface area contributed by atoms with E-state index >= 15 is 0 Å². The Labute approximate surface area is 96.6 Å². The van der Waals surface area contributed by atoms with Gasteiger partial charge in [0.05, 0.1) is 0 Å². The molecule has 1 aromatic carbocycles. The van der Waals surface area contributed by atoms with Crippen molar-refractivity contribution in [1.82, 2.24) is 0 Å². The average molecular weight is 221 g/mol. The predicted octanol–water partition coefficient (Wildman–Crippen LogP) is 2.00. The molecule has 0 aliphatic carbocycles. The van der Waals surface area contributed by atoms with E-state index in [-0.39, 0.29) is 5.97 Å². The fraction of sp³-hybridized carbons (Fsp3) is 0.462. The number of carbonyl (C=O) groups is 1. The highest BCUT2D eigenvalue weighted by Crippen LogP contribution is 2.18. The van der Waals surface area contributed by atoms with Crippen molar-refractivity contribution in [2.24, 2.45) is 5.73 Å². The number of hydrogen-bond acceptors (Lipinski definition) is 3. The molecule has 0 unspecified atom stereocenters. The summed E-state index contributed by atoms with van der Waals surface area (Å²) in [5, 5.41) is 0. The molecule has 0 saturated carbocycles. The third kappa shape index (κ3) is 2.83. The van der Waals surface area contributed by atoms with Gasteiger partial charge < -0.3 is 10.5 Å². The number of rotatable bonds is 3. The summed E-state index contributed by atoms with van der Waals surface area (Å²) in [5.41, 5.74) is 10.0. The zero-order chi connectivity index (χ0) is 12.3. The smallest absolute Gasteiger partial charge is 0.322 e. The van der Waals surface area contributed by atoms with Gasteiger partial charge in [0.1, 0.15) is 12.6 Å². The largest absolute Gasteiger partial charge is 0.460 e. The molecule has 0 saturated heterocycles. The van der Waals surface area contributed by atoms with Gasteiger partial charge in [-0.3, -0.25) is 4.79 Å². The molecule has 88 valence electrons. The molecule has 1 aromatic rings. The molecule has 0 aromatic heterocycles. The van der Waals surface area contributed by atoms with Crippen molar-refractivity contribution in [3.63, 3.8) is 0 Å². The van der Waals surface area contributed by atoms with Crippen LogP contribution >= 0.6 is 0 Å². The fourth-order valence-corrected chi connectivity index (χ4v) is 1.51. The van der Waals surface area contributed by atoms with E-state index in [0.29, 0.717) is 6.61 Å². The minimum Gasteiger partial charge on any atom is -0.460 e. The lowest BCUT2D eigenvalue weighted by atomic mass is 9.99. The second-order valence-corrected chi connectivity index (χ2v) is 4.20. The monoisotopic (exact) mass is 221 g/mol. The van der Waals surface area contributed by atoms with Gasteiger partial charge in [0.15, 0.2) is 0 Å². The Morgan fingerprint density at radius 1 is 1.31 bits per heavy atom. The summed E-state index contributed by atoms with van der Waals surface area (Å²) >= 11 is 0. The van der Waals surface area contributed by atoms with Gasteiger partial charge in [0.25, 0.3) is 0 Å². The summed E-state index contributed by atoms with van der Waals surface area (Å²) < 4.78 is 5.14. The fourth-order valence-electron chi connectivity index (χ4n) is 1.51. The molecular formula is C13H19NO2. The predicted molar refractivity (Wildman–Crippen MR) is 64.1 cm³/mol. The summed E-state index contributed by atoms with van der Waals surface area (Å²) in [5.74, 6) is -0.361. The topological polar surface area (TPSA) is 52.3 Å². The van der Waals surface area contributed by atoms with Crippen molar-refractivity contribution in [3.05, 3.63) is 34.4 Å². The minimum atomic E-state index is -0.564. The Morgan fingerprint density at radius 3 is 2.44 bits per heavy atom. The van der Waals surface area contributed by atoms with Crippen LogP contribution in [-0.2, 0) is 16.1 Å². The highest BCUT2D eigenvalue weighted by atomic mass is 16.5. The van der Waals surface area contributed by atoms with Crippen LogP contribution in [0.5, 0.6) is 0 Å².